The molecule has 0 radical (unpaired) electrons. The summed E-state index contributed by atoms with van der Waals surface area (Å²) in [7, 11) is 1.83. The third-order valence-electron chi connectivity index (χ3n) is 1.90. The highest BCUT2D eigenvalue weighted by atomic mass is 35.5. The first-order valence-corrected chi connectivity index (χ1v) is 4.17. The summed E-state index contributed by atoms with van der Waals surface area (Å²) in [4.78, 5) is 3.97. The van der Waals surface area contributed by atoms with Crippen molar-refractivity contribution in [3.05, 3.63) is 23.2 Å². The number of hydrogen-bond donors (Lipinski definition) is 0. The molecule has 0 bridgehead atoms. The summed E-state index contributed by atoms with van der Waals surface area (Å²) in [6.07, 6.45) is 3.06. The average molecular weight is 198 g/mol. The normalized spacial score (nSPS) is 10.7. The first kappa shape index (κ1) is 8.31. The number of aromatic nitrogens is 3. The lowest BCUT2D eigenvalue weighted by molar-refractivity contribution is 0.569. The molecule has 0 fully saturated rings. The molecule has 0 aliphatic carbocycles. The van der Waals surface area contributed by atoms with E-state index in [0.29, 0.717) is 16.6 Å². The van der Waals surface area contributed by atoms with Crippen LogP contribution in [0.4, 0.5) is 0 Å². The van der Waals surface area contributed by atoms with E-state index in [0.717, 1.165) is 5.69 Å². The number of rotatable bonds is 1. The monoisotopic (exact) mass is 197 g/mol. The molecule has 4 nitrogen and oxygen atoms in total. The van der Waals surface area contributed by atoms with E-state index in [2.05, 4.69) is 10.1 Å². The van der Waals surface area contributed by atoms with Gasteiger partial charge in [-0.15, -0.1) is 0 Å². The summed E-state index contributed by atoms with van der Waals surface area (Å²) in [5.74, 6) is 0.453. The Morgan fingerprint density at radius 3 is 2.77 bits per heavy atom. The summed E-state index contributed by atoms with van der Waals surface area (Å²) in [6.45, 7) is 1.89. The zero-order chi connectivity index (χ0) is 9.42. The van der Waals surface area contributed by atoms with Crippen LogP contribution in [0.15, 0.2) is 16.9 Å². The van der Waals surface area contributed by atoms with Gasteiger partial charge in [0, 0.05) is 7.05 Å². The topological polar surface area (TPSA) is 43.9 Å². The van der Waals surface area contributed by atoms with Crippen molar-refractivity contribution in [2.75, 3.05) is 0 Å². The zero-order valence-electron chi connectivity index (χ0n) is 7.28. The Balaban J connectivity index is 2.59. The Bertz CT molecular complexity index is 419. The smallest absolute Gasteiger partial charge is 0.248 e. The average Bonchev–Trinajstić information content (AvgIpc) is 2.70. The van der Waals surface area contributed by atoms with Crippen molar-refractivity contribution in [2.45, 2.75) is 6.92 Å². The van der Waals surface area contributed by atoms with Gasteiger partial charge in [0.1, 0.15) is 6.26 Å². The van der Waals surface area contributed by atoms with E-state index >= 15 is 0 Å². The van der Waals surface area contributed by atoms with Gasteiger partial charge in [-0.25, -0.2) is 4.98 Å². The second-order valence-electron chi connectivity index (χ2n) is 2.71. The standard InChI is InChI=1S/C8H8ClN3O/c1-5-6(9)7(11-12(5)2)8-10-3-4-13-8/h3-4H,1-2H3. The SMILES string of the molecule is Cc1c(Cl)c(-c2ncco2)nn1C. The molecule has 2 heterocycles. The maximum Gasteiger partial charge on any atom is 0.248 e. The van der Waals surface area contributed by atoms with Crippen LogP contribution >= 0.6 is 11.6 Å². The second-order valence-corrected chi connectivity index (χ2v) is 3.09. The molecule has 0 saturated carbocycles. The van der Waals surface area contributed by atoms with Crippen LogP contribution in [0.1, 0.15) is 5.69 Å². The van der Waals surface area contributed by atoms with E-state index in [1.54, 1.807) is 10.9 Å². The van der Waals surface area contributed by atoms with Crippen LogP contribution in [-0.2, 0) is 7.05 Å². The lowest BCUT2D eigenvalue weighted by Crippen LogP contribution is -1.92. The summed E-state index contributed by atoms with van der Waals surface area (Å²) >= 11 is 6.02. The van der Waals surface area contributed by atoms with Crippen molar-refractivity contribution in [1.82, 2.24) is 14.8 Å². The van der Waals surface area contributed by atoms with Crippen LogP contribution in [0.2, 0.25) is 5.02 Å². The highest BCUT2D eigenvalue weighted by Gasteiger charge is 2.15. The predicted molar refractivity (Wildman–Crippen MR) is 48.5 cm³/mol. The molecule has 68 valence electrons. The molecule has 2 aromatic heterocycles. The van der Waals surface area contributed by atoms with E-state index in [1.165, 1.54) is 6.26 Å². The minimum atomic E-state index is 0.453. The van der Waals surface area contributed by atoms with Gasteiger partial charge in [-0.3, -0.25) is 4.68 Å². The maximum absolute atomic E-state index is 6.02. The largest absolute Gasteiger partial charge is 0.443 e. The summed E-state index contributed by atoms with van der Waals surface area (Å²) in [5.41, 5.74) is 1.49. The Morgan fingerprint density at radius 1 is 1.54 bits per heavy atom. The second kappa shape index (κ2) is 2.88. The van der Waals surface area contributed by atoms with Crippen LogP contribution in [0.25, 0.3) is 11.6 Å². The minimum Gasteiger partial charge on any atom is -0.443 e. The Hall–Kier alpha value is -1.29. The maximum atomic E-state index is 6.02. The van der Waals surface area contributed by atoms with Crippen molar-refractivity contribution >= 4 is 11.6 Å². The van der Waals surface area contributed by atoms with Gasteiger partial charge in [0.15, 0.2) is 5.69 Å². The third kappa shape index (κ3) is 1.23. The van der Waals surface area contributed by atoms with Gasteiger partial charge in [0.25, 0.3) is 0 Å². The number of hydrogen-bond acceptors (Lipinski definition) is 3. The molecule has 0 spiro atoms. The van der Waals surface area contributed by atoms with Gasteiger partial charge in [0.2, 0.25) is 5.89 Å². The molecule has 0 atom stereocenters. The third-order valence-corrected chi connectivity index (χ3v) is 2.35. The van der Waals surface area contributed by atoms with E-state index in [1.807, 2.05) is 14.0 Å². The lowest BCUT2D eigenvalue weighted by atomic mass is 10.4. The molecule has 0 unspecified atom stereocenters. The number of halogens is 1. The molecule has 5 heteroatoms. The van der Waals surface area contributed by atoms with Crippen LogP contribution in [0.5, 0.6) is 0 Å². The summed E-state index contributed by atoms with van der Waals surface area (Å²) in [5, 5.41) is 4.77. The number of aryl methyl sites for hydroxylation is 1. The van der Waals surface area contributed by atoms with E-state index in [9.17, 15) is 0 Å². The fourth-order valence-electron chi connectivity index (χ4n) is 1.06. The molecule has 2 aromatic rings. The van der Waals surface area contributed by atoms with Crippen molar-refractivity contribution in [1.29, 1.82) is 0 Å². The predicted octanol–water partition coefficient (Wildman–Crippen LogP) is 2.04. The first-order chi connectivity index (χ1) is 6.20. The highest BCUT2D eigenvalue weighted by Crippen LogP contribution is 2.27. The molecule has 13 heavy (non-hydrogen) atoms. The molecular weight excluding hydrogens is 190 g/mol. The van der Waals surface area contributed by atoms with Crippen LogP contribution in [0.3, 0.4) is 0 Å². The fraction of sp³-hybridized carbons (Fsp3) is 0.250. The van der Waals surface area contributed by atoms with Crippen molar-refractivity contribution in [3.8, 4) is 11.6 Å². The summed E-state index contributed by atoms with van der Waals surface area (Å²) in [6, 6.07) is 0. The van der Waals surface area contributed by atoms with Crippen molar-refractivity contribution < 1.29 is 4.42 Å². The van der Waals surface area contributed by atoms with Gasteiger partial charge in [0.05, 0.1) is 16.9 Å². The molecule has 0 aliphatic heterocycles. The Labute approximate surface area is 80.1 Å². The summed E-state index contributed by atoms with van der Waals surface area (Å²) < 4.78 is 6.79. The van der Waals surface area contributed by atoms with E-state index in [4.69, 9.17) is 16.0 Å². The Morgan fingerprint density at radius 2 is 2.31 bits per heavy atom. The Kier molecular flexibility index (Phi) is 1.84. The van der Waals surface area contributed by atoms with Gasteiger partial charge >= 0.3 is 0 Å². The number of nitrogens with zero attached hydrogens (tertiary/aromatic N) is 3. The molecule has 2 rings (SSSR count). The van der Waals surface area contributed by atoms with Gasteiger partial charge in [-0.1, -0.05) is 11.6 Å². The molecule has 0 aromatic carbocycles. The zero-order valence-corrected chi connectivity index (χ0v) is 8.04. The molecule has 0 aliphatic rings. The first-order valence-electron chi connectivity index (χ1n) is 3.79. The van der Waals surface area contributed by atoms with Gasteiger partial charge in [-0.05, 0) is 6.92 Å². The van der Waals surface area contributed by atoms with Gasteiger partial charge in [-0.2, -0.15) is 5.10 Å². The van der Waals surface area contributed by atoms with Crippen LogP contribution in [0, 0.1) is 6.92 Å². The minimum absolute atomic E-state index is 0.453. The quantitative estimate of drug-likeness (QED) is 0.703. The molecular formula is C8H8ClN3O. The van der Waals surface area contributed by atoms with Crippen molar-refractivity contribution in [2.24, 2.45) is 7.05 Å². The van der Waals surface area contributed by atoms with Crippen LogP contribution in [-0.4, -0.2) is 14.8 Å². The van der Waals surface area contributed by atoms with E-state index in [-0.39, 0.29) is 0 Å². The van der Waals surface area contributed by atoms with Crippen molar-refractivity contribution in [3.63, 3.8) is 0 Å². The van der Waals surface area contributed by atoms with Gasteiger partial charge < -0.3 is 4.42 Å². The molecule has 0 amide bonds. The lowest BCUT2D eigenvalue weighted by Gasteiger charge is -1.89. The van der Waals surface area contributed by atoms with E-state index < -0.39 is 0 Å². The van der Waals surface area contributed by atoms with Crippen LogP contribution < -0.4 is 0 Å². The number of oxazole rings is 1. The highest BCUT2D eigenvalue weighted by molar-refractivity contribution is 6.33. The fourth-order valence-corrected chi connectivity index (χ4v) is 1.30. The molecule has 0 N–H and O–H groups in total. The molecule has 0 saturated heterocycles.